The van der Waals surface area contributed by atoms with Crippen LogP contribution in [0.2, 0.25) is 0 Å². The summed E-state index contributed by atoms with van der Waals surface area (Å²) < 4.78 is 4.75. The summed E-state index contributed by atoms with van der Waals surface area (Å²) in [6.07, 6.45) is 3.83. The topological polar surface area (TPSA) is 56.6 Å². The van der Waals surface area contributed by atoms with Gasteiger partial charge in [0.1, 0.15) is 0 Å². The lowest BCUT2D eigenvalue weighted by atomic mass is 10.2. The molecule has 0 aromatic rings. The second-order valence-corrected chi connectivity index (χ2v) is 4.37. The van der Waals surface area contributed by atoms with E-state index in [1.54, 1.807) is 9.80 Å². The van der Waals surface area contributed by atoms with Gasteiger partial charge in [-0.15, -0.1) is 0 Å². The highest BCUT2D eigenvalue weighted by Crippen LogP contribution is 1.99. The van der Waals surface area contributed by atoms with Crippen LogP contribution in [0.25, 0.3) is 0 Å². The van der Waals surface area contributed by atoms with Crippen LogP contribution < -0.4 is 0 Å². The lowest BCUT2D eigenvalue weighted by Gasteiger charge is -2.19. The molecule has 0 aromatic heterocycles. The van der Waals surface area contributed by atoms with E-state index >= 15 is 0 Å². The fourth-order valence-corrected chi connectivity index (χ4v) is 1.15. The number of unbranched alkanes of at least 4 members (excludes halogenated alkanes) is 2. The smallest absolute Gasteiger partial charge is 0.305 e. The second kappa shape index (κ2) is 12.2. The summed E-state index contributed by atoms with van der Waals surface area (Å²) >= 11 is 0. The standard InChI is InChI=1S/C8H16O2.C5H13N3/c1-3-5-6-7-8(9)10-4-2;1-7(2)5(6)8(3)4/h3-7H2,1-2H3;6H,1-4H3. The van der Waals surface area contributed by atoms with Crippen molar-refractivity contribution in [3.05, 3.63) is 0 Å². The molecule has 0 saturated carbocycles. The van der Waals surface area contributed by atoms with Gasteiger partial charge in [0.05, 0.1) is 6.61 Å². The van der Waals surface area contributed by atoms with Crippen LogP contribution in [0.5, 0.6) is 0 Å². The van der Waals surface area contributed by atoms with E-state index in [0.29, 0.717) is 19.0 Å². The first kappa shape index (κ1) is 19.1. The quantitative estimate of drug-likeness (QED) is 0.356. The summed E-state index contributed by atoms with van der Waals surface area (Å²) in [5, 5.41) is 7.25. The number of nitrogens with one attached hydrogen (secondary N) is 1. The summed E-state index contributed by atoms with van der Waals surface area (Å²) in [5.74, 6) is 0.459. The van der Waals surface area contributed by atoms with Crippen LogP contribution in [0.3, 0.4) is 0 Å². The molecule has 0 unspecified atom stereocenters. The fourth-order valence-electron chi connectivity index (χ4n) is 1.15. The van der Waals surface area contributed by atoms with Gasteiger partial charge in [0.2, 0.25) is 0 Å². The first-order valence-corrected chi connectivity index (χ1v) is 6.45. The third-order valence-corrected chi connectivity index (χ3v) is 2.14. The van der Waals surface area contributed by atoms with Gasteiger partial charge in [-0.3, -0.25) is 10.2 Å². The Bertz CT molecular complexity index is 218. The average molecular weight is 259 g/mol. The molecular formula is C13H29N3O2. The van der Waals surface area contributed by atoms with Gasteiger partial charge in [-0.1, -0.05) is 19.8 Å². The molecule has 0 atom stereocenters. The lowest BCUT2D eigenvalue weighted by Crippen LogP contribution is -2.34. The molecule has 0 fully saturated rings. The van der Waals surface area contributed by atoms with E-state index in [9.17, 15) is 4.79 Å². The molecule has 0 rings (SSSR count). The van der Waals surface area contributed by atoms with Crippen molar-refractivity contribution in [2.24, 2.45) is 0 Å². The maximum atomic E-state index is 10.7. The van der Waals surface area contributed by atoms with Gasteiger partial charge < -0.3 is 14.5 Å². The van der Waals surface area contributed by atoms with Gasteiger partial charge in [-0.2, -0.15) is 0 Å². The summed E-state index contributed by atoms with van der Waals surface area (Å²) in [5.41, 5.74) is 0. The van der Waals surface area contributed by atoms with E-state index in [1.807, 2.05) is 35.1 Å². The molecule has 108 valence electrons. The molecule has 0 aromatic carbocycles. The molecule has 0 radical (unpaired) electrons. The van der Waals surface area contributed by atoms with Crippen LogP contribution in [0, 0.1) is 5.41 Å². The summed E-state index contributed by atoms with van der Waals surface area (Å²) in [6, 6.07) is 0. The van der Waals surface area contributed by atoms with Crippen molar-refractivity contribution in [3.8, 4) is 0 Å². The Morgan fingerprint density at radius 2 is 1.56 bits per heavy atom. The largest absolute Gasteiger partial charge is 0.466 e. The minimum Gasteiger partial charge on any atom is -0.466 e. The van der Waals surface area contributed by atoms with E-state index in [-0.39, 0.29) is 5.97 Å². The highest BCUT2D eigenvalue weighted by atomic mass is 16.5. The number of carbonyl (C=O) groups is 1. The Balaban J connectivity index is 0. The lowest BCUT2D eigenvalue weighted by molar-refractivity contribution is -0.143. The first-order valence-electron chi connectivity index (χ1n) is 6.45. The predicted molar refractivity (Wildman–Crippen MR) is 75.9 cm³/mol. The van der Waals surface area contributed by atoms with Crippen LogP contribution in [0.15, 0.2) is 0 Å². The number of nitrogens with zero attached hydrogens (tertiary/aromatic N) is 2. The number of rotatable bonds is 5. The van der Waals surface area contributed by atoms with E-state index in [4.69, 9.17) is 10.1 Å². The molecule has 0 aliphatic rings. The Hall–Kier alpha value is -1.26. The van der Waals surface area contributed by atoms with E-state index < -0.39 is 0 Å². The van der Waals surface area contributed by atoms with Gasteiger partial charge in [-0.05, 0) is 13.3 Å². The zero-order chi connectivity index (χ0) is 14.6. The normalized spacial score (nSPS) is 9.00. The number of hydrogen-bond acceptors (Lipinski definition) is 3. The second-order valence-electron chi connectivity index (χ2n) is 4.37. The van der Waals surface area contributed by atoms with E-state index in [2.05, 4.69) is 6.92 Å². The zero-order valence-electron chi connectivity index (χ0n) is 12.7. The molecule has 0 bridgehead atoms. The van der Waals surface area contributed by atoms with Gasteiger partial charge in [0.15, 0.2) is 5.96 Å². The predicted octanol–water partition coefficient (Wildman–Crippen LogP) is 2.17. The molecule has 0 saturated heterocycles. The first-order chi connectivity index (χ1) is 8.36. The maximum Gasteiger partial charge on any atom is 0.305 e. The van der Waals surface area contributed by atoms with Gasteiger partial charge in [0.25, 0.3) is 0 Å². The Kier molecular flexibility index (Phi) is 12.9. The van der Waals surface area contributed by atoms with Crippen molar-refractivity contribution in [2.75, 3.05) is 34.8 Å². The zero-order valence-corrected chi connectivity index (χ0v) is 12.7. The van der Waals surface area contributed by atoms with Gasteiger partial charge >= 0.3 is 5.97 Å². The van der Waals surface area contributed by atoms with Crippen molar-refractivity contribution < 1.29 is 9.53 Å². The summed E-state index contributed by atoms with van der Waals surface area (Å²) in [4.78, 5) is 14.2. The molecular weight excluding hydrogens is 230 g/mol. The van der Waals surface area contributed by atoms with Crippen molar-refractivity contribution in [2.45, 2.75) is 39.5 Å². The molecule has 0 spiro atoms. The molecule has 0 aliphatic carbocycles. The fraction of sp³-hybridized carbons (Fsp3) is 0.846. The van der Waals surface area contributed by atoms with Crippen molar-refractivity contribution in [3.63, 3.8) is 0 Å². The van der Waals surface area contributed by atoms with Crippen LogP contribution in [-0.4, -0.2) is 56.5 Å². The molecule has 0 heterocycles. The number of carbonyl (C=O) groups excluding carboxylic acids is 1. The van der Waals surface area contributed by atoms with Gasteiger partial charge in [-0.25, -0.2) is 0 Å². The minimum absolute atomic E-state index is 0.0593. The van der Waals surface area contributed by atoms with E-state index in [0.717, 1.165) is 19.3 Å². The van der Waals surface area contributed by atoms with Crippen molar-refractivity contribution in [1.29, 1.82) is 5.41 Å². The summed E-state index contributed by atoms with van der Waals surface area (Å²) in [7, 11) is 7.40. The van der Waals surface area contributed by atoms with Crippen LogP contribution in [-0.2, 0) is 9.53 Å². The minimum atomic E-state index is -0.0593. The number of hydrogen-bond donors (Lipinski definition) is 1. The Morgan fingerprint density at radius 3 is 1.83 bits per heavy atom. The summed E-state index contributed by atoms with van der Waals surface area (Å²) in [6.45, 7) is 4.45. The number of esters is 1. The monoisotopic (exact) mass is 259 g/mol. The third-order valence-electron chi connectivity index (χ3n) is 2.14. The Morgan fingerprint density at radius 1 is 1.06 bits per heavy atom. The third kappa shape index (κ3) is 12.8. The van der Waals surface area contributed by atoms with Crippen LogP contribution >= 0.6 is 0 Å². The van der Waals surface area contributed by atoms with Crippen molar-refractivity contribution in [1.82, 2.24) is 9.80 Å². The molecule has 18 heavy (non-hydrogen) atoms. The van der Waals surface area contributed by atoms with Crippen molar-refractivity contribution >= 4 is 11.9 Å². The molecule has 0 amide bonds. The van der Waals surface area contributed by atoms with Gasteiger partial charge in [0, 0.05) is 34.6 Å². The van der Waals surface area contributed by atoms with E-state index in [1.165, 1.54) is 0 Å². The molecule has 5 heteroatoms. The maximum absolute atomic E-state index is 10.7. The van der Waals surface area contributed by atoms with Crippen LogP contribution in [0.1, 0.15) is 39.5 Å². The molecule has 0 aliphatic heterocycles. The van der Waals surface area contributed by atoms with Crippen LogP contribution in [0.4, 0.5) is 0 Å². The average Bonchev–Trinajstić information content (AvgIpc) is 2.29. The SMILES string of the molecule is CCCCCC(=O)OCC.CN(C)C(=N)N(C)C. The molecule has 5 nitrogen and oxygen atoms in total. The number of ether oxygens (including phenoxy) is 1. The highest BCUT2D eigenvalue weighted by molar-refractivity contribution is 5.75. The Labute approximate surface area is 112 Å². The highest BCUT2D eigenvalue weighted by Gasteiger charge is 1.98. The molecule has 1 N–H and O–H groups in total. The number of guanidine groups is 1.